The predicted octanol–water partition coefficient (Wildman–Crippen LogP) is 2.97. The molecule has 0 saturated carbocycles. The molecule has 1 aromatic rings. The number of rotatable bonds is 11. The standard InChI is InChI=1S/C20H34N4O3S/c1-3-5-11-24(12-6-4-2)15-17-9-10-18(27-17)19(25)22-23-20(28)21-14-16-8-7-13-26-16/h9-10,16H,3-8,11-15H2,1-2H3,(H,22,25)(H2,21,23,28)/t16-/m0/s1. The Morgan fingerprint density at radius 1 is 1.21 bits per heavy atom. The number of hydrogen-bond donors (Lipinski definition) is 3. The van der Waals surface area contributed by atoms with Crippen LogP contribution in [-0.4, -0.2) is 48.3 Å². The van der Waals surface area contributed by atoms with Crippen LogP contribution in [0.4, 0.5) is 0 Å². The Kier molecular flexibility index (Phi) is 10.3. The second-order valence-corrected chi connectivity index (χ2v) is 7.58. The highest BCUT2D eigenvalue weighted by Gasteiger charge is 2.16. The number of hydrazine groups is 1. The van der Waals surface area contributed by atoms with E-state index in [0.717, 1.165) is 57.7 Å². The van der Waals surface area contributed by atoms with Crippen molar-refractivity contribution in [3.8, 4) is 0 Å². The lowest BCUT2D eigenvalue weighted by Crippen LogP contribution is -2.48. The van der Waals surface area contributed by atoms with Crippen molar-refractivity contribution in [1.29, 1.82) is 0 Å². The number of thiocarbonyl (C=S) groups is 1. The minimum Gasteiger partial charge on any atom is -0.454 e. The van der Waals surface area contributed by atoms with Crippen molar-refractivity contribution in [2.24, 2.45) is 0 Å². The summed E-state index contributed by atoms with van der Waals surface area (Å²) in [6, 6.07) is 3.57. The maximum Gasteiger partial charge on any atom is 0.305 e. The Morgan fingerprint density at radius 3 is 2.61 bits per heavy atom. The molecule has 0 aliphatic carbocycles. The van der Waals surface area contributed by atoms with Crippen LogP contribution in [0, 0.1) is 0 Å². The zero-order valence-electron chi connectivity index (χ0n) is 17.1. The molecule has 0 spiro atoms. The highest BCUT2D eigenvalue weighted by molar-refractivity contribution is 7.80. The zero-order valence-corrected chi connectivity index (χ0v) is 17.9. The van der Waals surface area contributed by atoms with Crippen LogP contribution in [0.25, 0.3) is 0 Å². The second-order valence-electron chi connectivity index (χ2n) is 7.17. The fourth-order valence-electron chi connectivity index (χ4n) is 3.07. The smallest absolute Gasteiger partial charge is 0.305 e. The fourth-order valence-corrected chi connectivity index (χ4v) is 3.20. The fraction of sp³-hybridized carbons (Fsp3) is 0.700. The Labute approximate surface area is 173 Å². The highest BCUT2D eigenvalue weighted by atomic mass is 32.1. The molecule has 8 heteroatoms. The van der Waals surface area contributed by atoms with Gasteiger partial charge in [0.05, 0.1) is 12.6 Å². The number of hydrogen-bond acceptors (Lipinski definition) is 5. The van der Waals surface area contributed by atoms with Gasteiger partial charge in [-0.25, -0.2) is 0 Å². The molecule has 3 N–H and O–H groups in total. The van der Waals surface area contributed by atoms with Crippen LogP contribution in [0.1, 0.15) is 68.7 Å². The van der Waals surface area contributed by atoms with Crippen LogP contribution in [0.15, 0.2) is 16.5 Å². The summed E-state index contributed by atoms with van der Waals surface area (Å²) in [5.74, 6) is 0.730. The largest absolute Gasteiger partial charge is 0.454 e. The third-order valence-electron chi connectivity index (χ3n) is 4.72. The van der Waals surface area contributed by atoms with Gasteiger partial charge in [0.1, 0.15) is 5.76 Å². The van der Waals surface area contributed by atoms with Crippen LogP contribution >= 0.6 is 12.2 Å². The number of unbranched alkanes of at least 4 members (excludes halogenated alkanes) is 2. The molecule has 0 unspecified atom stereocenters. The number of ether oxygens (including phenoxy) is 1. The van der Waals surface area contributed by atoms with Crippen molar-refractivity contribution in [1.82, 2.24) is 21.1 Å². The molecule has 2 heterocycles. The second kappa shape index (κ2) is 12.7. The molecule has 1 saturated heterocycles. The van der Waals surface area contributed by atoms with E-state index in [0.29, 0.717) is 11.7 Å². The van der Waals surface area contributed by atoms with Crippen LogP contribution in [0.2, 0.25) is 0 Å². The summed E-state index contributed by atoms with van der Waals surface area (Å²) in [7, 11) is 0. The van der Waals surface area contributed by atoms with Crippen LogP contribution in [0.5, 0.6) is 0 Å². The van der Waals surface area contributed by atoms with Gasteiger partial charge in [0.15, 0.2) is 10.9 Å². The van der Waals surface area contributed by atoms with Gasteiger partial charge in [-0.05, 0) is 63.1 Å². The van der Waals surface area contributed by atoms with Gasteiger partial charge in [0.25, 0.3) is 0 Å². The molecule has 1 amide bonds. The molecule has 1 fully saturated rings. The maximum absolute atomic E-state index is 12.3. The first kappa shape index (κ1) is 22.6. The van der Waals surface area contributed by atoms with Gasteiger partial charge in [-0.3, -0.25) is 20.5 Å². The first-order valence-electron chi connectivity index (χ1n) is 10.4. The van der Waals surface area contributed by atoms with Crippen molar-refractivity contribution >= 4 is 23.2 Å². The quantitative estimate of drug-likeness (QED) is 0.382. The number of nitrogens with zero attached hydrogens (tertiary/aromatic N) is 1. The number of furan rings is 1. The number of amides is 1. The zero-order chi connectivity index (χ0) is 20.2. The van der Waals surface area contributed by atoms with E-state index in [1.165, 1.54) is 12.8 Å². The Balaban J connectivity index is 1.74. The van der Waals surface area contributed by atoms with E-state index < -0.39 is 0 Å². The molecule has 1 atom stereocenters. The van der Waals surface area contributed by atoms with Crippen LogP contribution in [-0.2, 0) is 11.3 Å². The predicted molar refractivity (Wildman–Crippen MR) is 114 cm³/mol. The first-order valence-corrected chi connectivity index (χ1v) is 10.8. The average Bonchev–Trinajstić information content (AvgIpc) is 3.38. The summed E-state index contributed by atoms with van der Waals surface area (Å²) < 4.78 is 11.3. The van der Waals surface area contributed by atoms with Crippen molar-refractivity contribution in [3.63, 3.8) is 0 Å². The molecule has 7 nitrogen and oxygen atoms in total. The Bertz CT molecular complexity index is 594. The van der Waals surface area contributed by atoms with Crippen molar-refractivity contribution in [2.45, 2.75) is 65.0 Å². The first-order chi connectivity index (χ1) is 13.6. The molecule has 158 valence electrons. The van der Waals surface area contributed by atoms with Gasteiger partial charge >= 0.3 is 5.91 Å². The summed E-state index contributed by atoms with van der Waals surface area (Å²) in [6.07, 6.45) is 6.97. The Hall–Kier alpha value is -1.64. The molecule has 0 aromatic carbocycles. The summed E-state index contributed by atoms with van der Waals surface area (Å²) in [5, 5.41) is 3.41. The van der Waals surface area contributed by atoms with E-state index >= 15 is 0 Å². The minimum atomic E-state index is -0.346. The normalized spacial score (nSPS) is 16.3. The van der Waals surface area contributed by atoms with Crippen LogP contribution < -0.4 is 16.2 Å². The molecule has 1 aliphatic heterocycles. The number of carbonyl (C=O) groups is 1. The van der Waals surface area contributed by atoms with Gasteiger partial charge in [-0.1, -0.05) is 26.7 Å². The summed E-state index contributed by atoms with van der Waals surface area (Å²) in [5.41, 5.74) is 5.27. The number of carbonyl (C=O) groups excluding carboxylic acids is 1. The minimum absolute atomic E-state index is 0.187. The van der Waals surface area contributed by atoms with E-state index in [1.807, 2.05) is 6.07 Å². The molecular formula is C20H34N4O3S. The van der Waals surface area contributed by atoms with Crippen molar-refractivity contribution < 1.29 is 13.9 Å². The van der Waals surface area contributed by atoms with Gasteiger partial charge < -0.3 is 14.5 Å². The highest BCUT2D eigenvalue weighted by Crippen LogP contribution is 2.12. The monoisotopic (exact) mass is 410 g/mol. The van der Waals surface area contributed by atoms with Gasteiger partial charge in [0, 0.05) is 13.2 Å². The Morgan fingerprint density at radius 2 is 1.96 bits per heavy atom. The van der Waals surface area contributed by atoms with Crippen LogP contribution in [0.3, 0.4) is 0 Å². The lowest BCUT2D eigenvalue weighted by Gasteiger charge is -2.20. The van der Waals surface area contributed by atoms with E-state index in [2.05, 4.69) is 34.9 Å². The molecular weight excluding hydrogens is 376 g/mol. The van der Waals surface area contributed by atoms with E-state index in [1.54, 1.807) is 6.07 Å². The summed E-state index contributed by atoms with van der Waals surface area (Å²) in [6.45, 7) is 8.65. The maximum atomic E-state index is 12.3. The van der Waals surface area contributed by atoms with Gasteiger partial charge in [-0.15, -0.1) is 0 Å². The molecule has 0 radical (unpaired) electrons. The molecule has 2 rings (SSSR count). The summed E-state index contributed by atoms with van der Waals surface area (Å²) >= 11 is 5.17. The van der Waals surface area contributed by atoms with Gasteiger partial charge in [-0.2, -0.15) is 0 Å². The van der Waals surface area contributed by atoms with E-state index in [4.69, 9.17) is 21.4 Å². The van der Waals surface area contributed by atoms with E-state index in [9.17, 15) is 4.79 Å². The summed E-state index contributed by atoms with van der Waals surface area (Å²) in [4.78, 5) is 14.6. The molecule has 0 bridgehead atoms. The molecule has 28 heavy (non-hydrogen) atoms. The lowest BCUT2D eigenvalue weighted by molar-refractivity contribution is 0.0911. The average molecular weight is 411 g/mol. The van der Waals surface area contributed by atoms with E-state index in [-0.39, 0.29) is 17.8 Å². The molecule has 1 aliphatic rings. The SMILES string of the molecule is CCCCN(CCCC)Cc1ccc(C(=O)NNC(=S)NC[C@@H]2CCCO2)o1. The topological polar surface area (TPSA) is 78.8 Å². The van der Waals surface area contributed by atoms with Crippen molar-refractivity contribution in [3.05, 3.63) is 23.7 Å². The lowest BCUT2D eigenvalue weighted by atomic mass is 10.2. The third kappa shape index (κ3) is 8.16. The van der Waals surface area contributed by atoms with Crippen molar-refractivity contribution in [2.75, 3.05) is 26.2 Å². The number of nitrogens with one attached hydrogen (secondary N) is 3. The molecule has 1 aromatic heterocycles. The third-order valence-corrected chi connectivity index (χ3v) is 4.97. The van der Waals surface area contributed by atoms with Gasteiger partial charge in [0.2, 0.25) is 0 Å².